The number of nitrogens with one attached hydrogen (secondary N) is 2. The molecule has 0 unspecified atom stereocenters. The highest BCUT2D eigenvalue weighted by Crippen LogP contribution is 2.20. The average molecular weight is 271 g/mol. The summed E-state index contributed by atoms with van der Waals surface area (Å²) in [6, 6.07) is 6.02. The Kier molecular flexibility index (Phi) is 4.50. The van der Waals surface area contributed by atoms with Crippen LogP contribution in [0.25, 0.3) is 0 Å². The Morgan fingerprint density at radius 3 is 2.30 bits per heavy atom. The summed E-state index contributed by atoms with van der Waals surface area (Å²) in [6.45, 7) is 9.47. The van der Waals surface area contributed by atoms with E-state index in [1.54, 1.807) is 0 Å². The summed E-state index contributed by atoms with van der Waals surface area (Å²) in [6.07, 6.45) is 0. The van der Waals surface area contributed by atoms with Crippen LogP contribution in [0.15, 0.2) is 18.2 Å². The number of nitrogens with zero attached hydrogens (tertiary/aromatic N) is 3. The van der Waals surface area contributed by atoms with Gasteiger partial charge in [0.2, 0.25) is 0 Å². The van der Waals surface area contributed by atoms with Gasteiger partial charge in [0.1, 0.15) is 17.5 Å². The first-order chi connectivity index (χ1) is 9.60. The molecule has 0 aliphatic rings. The third-order valence-corrected chi connectivity index (χ3v) is 2.98. The van der Waals surface area contributed by atoms with E-state index < -0.39 is 0 Å². The lowest BCUT2D eigenvalue weighted by atomic mass is 10.2. The Labute approximate surface area is 119 Å². The Morgan fingerprint density at radius 1 is 0.950 bits per heavy atom. The molecular formula is C15H21N5. The fraction of sp³-hybridized carbons (Fsp3) is 0.400. The van der Waals surface area contributed by atoms with E-state index in [1.165, 1.54) is 0 Å². The van der Waals surface area contributed by atoms with Gasteiger partial charge in [0.25, 0.3) is 0 Å². The minimum absolute atomic E-state index is 0.657. The maximum Gasteiger partial charge on any atom is 0.135 e. The number of anilines is 2. The standard InChI is InChI=1S/C15H21N5/c1-5-16-14-11(3)15(20-12(4)19-14)17-9-13-8-6-7-10(2)18-13/h6-8H,5,9H2,1-4H3,(H2,16,17,19,20). The van der Waals surface area contributed by atoms with E-state index in [-0.39, 0.29) is 0 Å². The molecule has 2 heterocycles. The van der Waals surface area contributed by atoms with Crippen LogP contribution in [0.1, 0.15) is 29.7 Å². The molecule has 106 valence electrons. The van der Waals surface area contributed by atoms with Crippen LogP contribution in [-0.4, -0.2) is 21.5 Å². The quantitative estimate of drug-likeness (QED) is 0.875. The number of pyridine rings is 1. The van der Waals surface area contributed by atoms with E-state index in [9.17, 15) is 0 Å². The van der Waals surface area contributed by atoms with Gasteiger partial charge in [-0.1, -0.05) is 6.07 Å². The molecule has 0 aromatic carbocycles. The average Bonchev–Trinajstić information content (AvgIpc) is 2.41. The first-order valence-corrected chi connectivity index (χ1v) is 6.85. The molecule has 0 aliphatic heterocycles. The van der Waals surface area contributed by atoms with Crippen molar-refractivity contribution in [2.45, 2.75) is 34.2 Å². The molecular weight excluding hydrogens is 250 g/mol. The highest BCUT2D eigenvalue weighted by atomic mass is 15.1. The maximum absolute atomic E-state index is 4.48. The first kappa shape index (κ1) is 14.2. The zero-order chi connectivity index (χ0) is 14.5. The van der Waals surface area contributed by atoms with Crippen LogP contribution in [0, 0.1) is 20.8 Å². The van der Waals surface area contributed by atoms with Gasteiger partial charge in [0, 0.05) is 17.8 Å². The first-order valence-electron chi connectivity index (χ1n) is 6.85. The van der Waals surface area contributed by atoms with E-state index in [4.69, 9.17) is 0 Å². The van der Waals surface area contributed by atoms with E-state index in [2.05, 4.69) is 32.5 Å². The molecule has 0 bridgehead atoms. The van der Waals surface area contributed by atoms with Crippen molar-refractivity contribution in [3.8, 4) is 0 Å². The predicted octanol–water partition coefficient (Wildman–Crippen LogP) is 2.84. The number of hydrogen-bond donors (Lipinski definition) is 2. The second-order valence-electron chi connectivity index (χ2n) is 4.75. The fourth-order valence-electron chi connectivity index (χ4n) is 2.01. The summed E-state index contributed by atoms with van der Waals surface area (Å²) >= 11 is 0. The molecule has 0 radical (unpaired) electrons. The van der Waals surface area contributed by atoms with Crippen LogP contribution >= 0.6 is 0 Å². The summed E-state index contributed by atoms with van der Waals surface area (Å²) in [5, 5.41) is 6.60. The van der Waals surface area contributed by atoms with Gasteiger partial charge in [0.15, 0.2) is 0 Å². The van der Waals surface area contributed by atoms with Crippen LogP contribution in [0.4, 0.5) is 11.6 Å². The van der Waals surface area contributed by atoms with Gasteiger partial charge >= 0.3 is 0 Å². The van der Waals surface area contributed by atoms with Crippen molar-refractivity contribution in [1.82, 2.24) is 15.0 Å². The van der Waals surface area contributed by atoms with Crippen molar-refractivity contribution in [2.24, 2.45) is 0 Å². The molecule has 0 fully saturated rings. The van der Waals surface area contributed by atoms with Crippen molar-refractivity contribution >= 4 is 11.6 Å². The van der Waals surface area contributed by atoms with Gasteiger partial charge in [0.05, 0.1) is 12.2 Å². The zero-order valence-corrected chi connectivity index (χ0v) is 12.5. The minimum Gasteiger partial charge on any atom is -0.370 e. The maximum atomic E-state index is 4.48. The highest BCUT2D eigenvalue weighted by Gasteiger charge is 2.08. The monoisotopic (exact) mass is 271 g/mol. The lowest BCUT2D eigenvalue weighted by Gasteiger charge is -2.13. The van der Waals surface area contributed by atoms with Crippen LogP contribution in [0.2, 0.25) is 0 Å². The Morgan fingerprint density at radius 2 is 1.65 bits per heavy atom. The minimum atomic E-state index is 0.657. The number of hydrogen-bond acceptors (Lipinski definition) is 5. The van der Waals surface area contributed by atoms with E-state index >= 15 is 0 Å². The van der Waals surface area contributed by atoms with E-state index in [0.29, 0.717) is 6.54 Å². The van der Waals surface area contributed by atoms with Gasteiger partial charge in [-0.25, -0.2) is 9.97 Å². The third kappa shape index (κ3) is 3.44. The normalized spacial score (nSPS) is 10.4. The molecule has 0 atom stereocenters. The molecule has 5 heteroatoms. The zero-order valence-electron chi connectivity index (χ0n) is 12.5. The Hall–Kier alpha value is -2.17. The summed E-state index contributed by atoms with van der Waals surface area (Å²) < 4.78 is 0. The third-order valence-electron chi connectivity index (χ3n) is 2.98. The van der Waals surface area contributed by atoms with Crippen LogP contribution in [0.5, 0.6) is 0 Å². The van der Waals surface area contributed by atoms with Crippen molar-refractivity contribution in [3.63, 3.8) is 0 Å². The Bertz CT molecular complexity index is 595. The number of aryl methyl sites for hydroxylation is 2. The molecule has 2 N–H and O–H groups in total. The highest BCUT2D eigenvalue weighted by molar-refractivity contribution is 5.57. The lowest BCUT2D eigenvalue weighted by molar-refractivity contribution is 0.966. The fourth-order valence-corrected chi connectivity index (χ4v) is 2.01. The van der Waals surface area contributed by atoms with Gasteiger partial charge in [-0.05, 0) is 39.8 Å². The molecule has 20 heavy (non-hydrogen) atoms. The van der Waals surface area contributed by atoms with Gasteiger partial charge in [-0.2, -0.15) is 0 Å². The lowest BCUT2D eigenvalue weighted by Crippen LogP contribution is -2.10. The van der Waals surface area contributed by atoms with E-state index in [1.807, 2.05) is 39.0 Å². The van der Waals surface area contributed by atoms with Crippen LogP contribution in [0.3, 0.4) is 0 Å². The smallest absolute Gasteiger partial charge is 0.135 e. The van der Waals surface area contributed by atoms with Gasteiger partial charge < -0.3 is 10.6 Å². The molecule has 2 aromatic heterocycles. The largest absolute Gasteiger partial charge is 0.370 e. The molecule has 0 amide bonds. The van der Waals surface area contributed by atoms with Gasteiger partial charge in [-0.15, -0.1) is 0 Å². The molecule has 5 nitrogen and oxygen atoms in total. The second-order valence-corrected chi connectivity index (χ2v) is 4.75. The van der Waals surface area contributed by atoms with Crippen molar-refractivity contribution in [3.05, 3.63) is 41.0 Å². The molecule has 0 saturated carbocycles. The summed E-state index contributed by atoms with van der Waals surface area (Å²) in [5.74, 6) is 2.50. The topological polar surface area (TPSA) is 62.7 Å². The van der Waals surface area contributed by atoms with Crippen LogP contribution in [-0.2, 0) is 6.54 Å². The second kappa shape index (κ2) is 6.32. The summed E-state index contributed by atoms with van der Waals surface area (Å²) in [5.41, 5.74) is 3.06. The number of rotatable bonds is 5. The molecule has 2 aromatic rings. The van der Waals surface area contributed by atoms with Crippen LogP contribution < -0.4 is 10.6 Å². The molecule has 0 saturated heterocycles. The van der Waals surface area contributed by atoms with Crippen molar-refractivity contribution in [1.29, 1.82) is 0 Å². The molecule has 0 spiro atoms. The SMILES string of the molecule is CCNc1nc(C)nc(NCc2cccc(C)n2)c1C. The van der Waals surface area contributed by atoms with Gasteiger partial charge in [-0.3, -0.25) is 4.98 Å². The van der Waals surface area contributed by atoms with Crippen molar-refractivity contribution < 1.29 is 0 Å². The molecule has 2 rings (SSSR count). The number of aromatic nitrogens is 3. The summed E-state index contributed by atoms with van der Waals surface area (Å²) in [7, 11) is 0. The van der Waals surface area contributed by atoms with E-state index in [0.717, 1.165) is 41.0 Å². The summed E-state index contributed by atoms with van der Waals surface area (Å²) in [4.78, 5) is 13.4. The molecule has 0 aliphatic carbocycles. The Balaban J connectivity index is 2.16. The van der Waals surface area contributed by atoms with Crippen molar-refractivity contribution in [2.75, 3.05) is 17.2 Å². The predicted molar refractivity (Wildman–Crippen MR) is 82.0 cm³/mol.